The maximum absolute atomic E-state index is 12.4. The second kappa shape index (κ2) is 7.06. The first-order chi connectivity index (χ1) is 13.6. The normalized spacial score (nSPS) is 22.7. The van der Waals surface area contributed by atoms with Gasteiger partial charge in [0.05, 0.1) is 0 Å². The number of nitrogens with one attached hydrogen (secondary N) is 1. The number of carbonyl (C=O) groups excluding carboxylic acids is 2. The minimum Gasteiger partial charge on any atom is -0.444 e. The highest BCUT2D eigenvalue weighted by molar-refractivity contribution is 5.97. The highest BCUT2D eigenvalue weighted by atomic mass is 16.6. The van der Waals surface area contributed by atoms with Crippen molar-refractivity contribution in [2.24, 2.45) is 11.1 Å². The molecule has 7 nitrogen and oxygen atoms in total. The van der Waals surface area contributed by atoms with Crippen LogP contribution < -0.4 is 5.73 Å². The van der Waals surface area contributed by atoms with Gasteiger partial charge in [-0.25, -0.2) is 4.79 Å². The maximum Gasteiger partial charge on any atom is 0.410 e. The molecule has 2 amide bonds. The van der Waals surface area contributed by atoms with Gasteiger partial charge in [-0.05, 0) is 57.9 Å². The fraction of sp³-hybridized carbons (Fsp3) is 0.545. The number of primary amides is 1. The molecule has 2 saturated heterocycles. The molecule has 1 unspecified atom stereocenters. The van der Waals surface area contributed by atoms with Crippen LogP contribution in [0.4, 0.5) is 4.79 Å². The minimum atomic E-state index is -0.459. The molecule has 2 fully saturated rings. The summed E-state index contributed by atoms with van der Waals surface area (Å²) in [6.07, 6.45) is 1.93. The second-order valence-corrected chi connectivity index (χ2v) is 9.58. The van der Waals surface area contributed by atoms with Gasteiger partial charge < -0.3 is 20.4 Å². The molecule has 2 aliphatic heterocycles. The van der Waals surface area contributed by atoms with Crippen molar-refractivity contribution in [2.75, 3.05) is 26.2 Å². The molecule has 2 aromatic rings. The second-order valence-electron chi connectivity index (χ2n) is 9.58. The first-order valence-electron chi connectivity index (χ1n) is 10.2. The van der Waals surface area contributed by atoms with E-state index in [-0.39, 0.29) is 11.5 Å². The van der Waals surface area contributed by atoms with Crippen LogP contribution >= 0.6 is 0 Å². The highest BCUT2D eigenvalue weighted by Crippen LogP contribution is 2.40. The Morgan fingerprint density at radius 2 is 1.93 bits per heavy atom. The van der Waals surface area contributed by atoms with E-state index < -0.39 is 11.5 Å². The molecule has 3 heterocycles. The van der Waals surface area contributed by atoms with Crippen LogP contribution in [0.1, 0.15) is 49.7 Å². The van der Waals surface area contributed by atoms with Gasteiger partial charge in [0.15, 0.2) is 0 Å². The quantitative estimate of drug-likeness (QED) is 0.831. The summed E-state index contributed by atoms with van der Waals surface area (Å²) in [4.78, 5) is 31.2. The third-order valence-electron chi connectivity index (χ3n) is 5.97. The summed E-state index contributed by atoms with van der Waals surface area (Å²) >= 11 is 0. The number of aromatic nitrogens is 1. The predicted molar refractivity (Wildman–Crippen MR) is 112 cm³/mol. The van der Waals surface area contributed by atoms with Crippen LogP contribution in [0.25, 0.3) is 10.9 Å². The van der Waals surface area contributed by atoms with Crippen LogP contribution in [0.5, 0.6) is 0 Å². The smallest absolute Gasteiger partial charge is 0.410 e. The van der Waals surface area contributed by atoms with E-state index in [9.17, 15) is 9.59 Å². The molecule has 4 rings (SSSR count). The van der Waals surface area contributed by atoms with Crippen molar-refractivity contribution in [3.63, 3.8) is 0 Å². The Kier molecular flexibility index (Phi) is 4.81. The summed E-state index contributed by atoms with van der Waals surface area (Å²) in [5, 5.41) is 0.990. The van der Waals surface area contributed by atoms with E-state index in [1.54, 1.807) is 6.07 Å². The molecular weight excluding hydrogens is 368 g/mol. The van der Waals surface area contributed by atoms with Gasteiger partial charge in [-0.1, -0.05) is 12.1 Å². The summed E-state index contributed by atoms with van der Waals surface area (Å²) in [5.41, 5.74) is 7.65. The van der Waals surface area contributed by atoms with Crippen LogP contribution in [-0.4, -0.2) is 58.6 Å². The predicted octanol–water partition coefficient (Wildman–Crippen LogP) is 3.10. The SMILES string of the molecule is CC(C)(C)OC(=O)N1CCC2(CCN(Cc3ccc4cc(C(N)=O)[nH]c4c3)C2)C1. The molecule has 1 aromatic heterocycles. The number of ether oxygens (including phenoxy) is 1. The molecule has 7 heteroatoms. The van der Waals surface area contributed by atoms with E-state index >= 15 is 0 Å². The number of likely N-dealkylation sites (tertiary alicyclic amines) is 2. The Balaban J connectivity index is 1.38. The number of fused-ring (bicyclic) bond motifs is 1. The zero-order valence-corrected chi connectivity index (χ0v) is 17.5. The summed E-state index contributed by atoms with van der Waals surface area (Å²) in [5.74, 6) is -0.444. The lowest BCUT2D eigenvalue weighted by atomic mass is 9.86. The molecule has 0 bridgehead atoms. The Morgan fingerprint density at radius 3 is 2.66 bits per heavy atom. The van der Waals surface area contributed by atoms with Crippen LogP contribution in [0.3, 0.4) is 0 Å². The standard InChI is InChI=1S/C22H30N4O3/c1-21(2,3)29-20(28)26-9-7-22(14-26)6-8-25(13-22)12-15-4-5-16-11-18(19(23)27)24-17(16)10-15/h4-5,10-11,24H,6-9,12-14H2,1-3H3,(H2,23,27). The Hall–Kier alpha value is -2.54. The summed E-state index contributed by atoms with van der Waals surface area (Å²) in [6, 6.07) is 8.01. The molecule has 1 aromatic carbocycles. The van der Waals surface area contributed by atoms with E-state index in [2.05, 4.69) is 22.0 Å². The van der Waals surface area contributed by atoms with E-state index in [0.717, 1.165) is 56.5 Å². The number of nitrogens with zero attached hydrogens (tertiary/aromatic N) is 2. The summed E-state index contributed by atoms with van der Waals surface area (Å²) in [7, 11) is 0. The molecule has 0 saturated carbocycles. The number of amides is 2. The molecule has 2 aliphatic rings. The number of hydrogen-bond acceptors (Lipinski definition) is 4. The van der Waals surface area contributed by atoms with Crippen molar-refractivity contribution in [3.05, 3.63) is 35.5 Å². The lowest BCUT2D eigenvalue weighted by molar-refractivity contribution is 0.0273. The van der Waals surface area contributed by atoms with Crippen LogP contribution in [0.2, 0.25) is 0 Å². The molecule has 0 aliphatic carbocycles. The van der Waals surface area contributed by atoms with Crippen LogP contribution in [0, 0.1) is 5.41 Å². The van der Waals surface area contributed by atoms with E-state index in [0.29, 0.717) is 5.69 Å². The zero-order chi connectivity index (χ0) is 20.8. The number of carbonyl (C=O) groups is 2. The Bertz CT molecular complexity index is 945. The minimum absolute atomic E-state index is 0.173. The fourth-order valence-electron chi connectivity index (χ4n) is 4.58. The average molecular weight is 399 g/mol. The van der Waals surface area contributed by atoms with Crippen LogP contribution in [0.15, 0.2) is 24.3 Å². The van der Waals surface area contributed by atoms with Gasteiger partial charge in [0.1, 0.15) is 11.3 Å². The van der Waals surface area contributed by atoms with Crippen LogP contribution in [-0.2, 0) is 11.3 Å². The molecule has 1 spiro atoms. The number of H-pyrrole nitrogens is 1. The fourth-order valence-corrected chi connectivity index (χ4v) is 4.58. The molecule has 1 atom stereocenters. The zero-order valence-electron chi connectivity index (χ0n) is 17.5. The van der Waals surface area contributed by atoms with Crippen molar-refractivity contribution in [2.45, 2.75) is 45.8 Å². The first-order valence-corrected chi connectivity index (χ1v) is 10.2. The molecule has 3 N–H and O–H groups in total. The van der Waals surface area contributed by atoms with Gasteiger partial charge in [-0.3, -0.25) is 9.69 Å². The van der Waals surface area contributed by atoms with E-state index in [4.69, 9.17) is 10.5 Å². The number of nitrogens with two attached hydrogens (primary N) is 1. The summed E-state index contributed by atoms with van der Waals surface area (Å²) < 4.78 is 5.54. The topological polar surface area (TPSA) is 91.7 Å². The third kappa shape index (κ3) is 4.24. The first kappa shape index (κ1) is 19.8. The number of aromatic amines is 1. The van der Waals surface area contributed by atoms with Gasteiger partial charge >= 0.3 is 6.09 Å². The Morgan fingerprint density at radius 1 is 1.17 bits per heavy atom. The number of hydrogen-bond donors (Lipinski definition) is 2. The number of rotatable bonds is 3. The Labute approximate surface area is 171 Å². The largest absolute Gasteiger partial charge is 0.444 e. The average Bonchev–Trinajstić information content (AvgIpc) is 3.32. The lowest BCUT2D eigenvalue weighted by Gasteiger charge is -2.27. The van der Waals surface area contributed by atoms with Crippen molar-refractivity contribution < 1.29 is 14.3 Å². The van der Waals surface area contributed by atoms with Gasteiger partial charge in [0.25, 0.3) is 5.91 Å². The molecule has 156 valence electrons. The molecular formula is C22H30N4O3. The van der Waals surface area contributed by atoms with Crippen molar-refractivity contribution >= 4 is 22.9 Å². The van der Waals surface area contributed by atoms with E-state index in [1.807, 2.05) is 31.7 Å². The van der Waals surface area contributed by atoms with Gasteiger partial charge in [0, 0.05) is 42.5 Å². The van der Waals surface area contributed by atoms with Crippen molar-refractivity contribution in [1.29, 1.82) is 0 Å². The third-order valence-corrected chi connectivity index (χ3v) is 5.97. The lowest BCUT2D eigenvalue weighted by Crippen LogP contribution is -2.37. The molecule has 29 heavy (non-hydrogen) atoms. The monoisotopic (exact) mass is 398 g/mol. The number of benzene rings is 1. The van der Waals surface area contributed by atoms with Crippen molar-refractivity contribution in [3.8, 4) is 0 Å². The summed E-state index contributed by atoms with van der Waals surface area (Å²) in [6.45, 7) is 10.1. The van der Waals surface area contributed by atoms with Crippen molar-refractivity contribution in [1.82, 2.24) is 14.8 Å². The van der Waals surface area contributed by atoms with Gasteiger partial charge in [-0.15, -0.1) is 0 Å². The highest BCUT2D eigenvalue weighted by Gasteiger charge is 2.45. The van der Waals surface area contributed by atoms with Gasteiger partial charge in [0.2, 0.25) is 0 Å². The maximum atomic E-state index is 12.4. The van der Waals surface area contributed by atoms with E-state index in [1.165, 1.54) is 5.56 Å². The molecule has 0 radical (unpaired) electrons. The van der Waals surface area contributed by atoms with Gasteiger partial charge in [-0.2, -0.15) is 0 Å².